The lowest BCUT2D eigenvalue weighted by atomic mass is 10.2. The van der Waals surface area contributed by atoms with Crippen LogP contribution in [-0.2, 0) is 0 Å². The summed E-state index contributed by atoms with van der Waals surface area (Å²) in [4.78, 5) is 2.30. The van der Waals surface area contributed by atoms with Crippen LogP contribution in [0.4, 0.5) is 5.69 Å². The van der Waals surface area contributed by atoms with Crippen LogP contribution >= 0.6 is 23.8 Å². The second-order valence-corrected chi connectivity index (χ2v) is 6.59. The van der Waals surface area contributed by atoms with Gasteiger partial charge in [0, 0.05) is 23.8 Å². The molecule has 0 atom stereocenters. The number of rotatable bonds is 9. The van der Waals surface area contributed by atoms with Crippen LogP contribution in [0.1, 0.15) is 57.9 Å². The fourth-order valence-corrected chi connectivity index (χ4v) is 2.77. The minimum Gasteiger partial charge on any atom is -0.349 e. The number of benzene rings is 1. The average molecular weight is 341 g/mol. The summed E-state index contributed by atoms with van der Waals surface area (Å²) >= 11 is 11.8. The molecule has 4 heteroatoms. The number of anilines is 1. The molecule has 0 aromatic heterocycles. The molecule has 1 aromatic rings. The van der Waals surface area contributed by atoms with Crippen molar-refractivity contribution >= 4 is 34.6 Å². The van der Waals surface area contributed by atoms with E-state index in [2.05, 4.69) is 24.1 Å². The van der Waals surface area contributed by atoms with Gasteiger partial charge in [-0.15, -0.1) is 0 Å². The molecular formula is C18H29ClN2S. The first-order valence-electron chi connectivity index (χ1n) is 8.40. The van der Waals surface area contributed by atoms with E-state index in [0.29, 0.717) is 0 Å². The Balaban J connectivity index is 2.61. The Kier molecular flexibility index (Phi) is 9.49. The zero-order valence-corrected chi connectivity index (χ0v) is 15.7. The molecule has 0 bridgehead atoms. The molecule has 0 aliphatic carbocycles. The lowest BCUT2D eigenvalue weighted by Crippen LogP contribution is -2.36. The van der Waals surface area contributed by atoms with Gasteiger partial charge in [0.05, 0.1) is 0 Å². The van der Waals surface area contributed by atoms with Crippen LogP contribution in [0.2, 0.25) is 5.02 Å². The van der Waals surface area contributed by atoms with E-state index in [1.54, 1.807) is 0 Å². The number of thiocarbonyl (C=S) groups is 1. The number of halogens is 1. The molecule has 0 saturated heterocycles. The Labute approximate surface area is 146 Å². The van der Waals surface area contributed by atoms with Crippen molar-refractivity contribution in [3.05, 3.63) is 28.8 Å². The fraction of sp³-hybridized carbons (Fsp3) is 0.611. The summed E-state index contributed by atoms with van der Waals surface area (Å²) in [6.07, 6.45) is 7.36. The lowest BCUT2D eigenvalue weighted by molar-refractivity contribution is 0.395. The maximum Gasteiger partial charge on any atom is 0.173 e. The maximum absolute atomic E-state index is 6.18. The molecule has 0 spiro atoms. The first-order chi connectivity index (χ1) is 10.6. The van der Waals surface area contributed by atoms with Crippen LogP contribution < -0.4 is 5.32 Å². The summed E-state index contributed by atoms with van der Waals surface area (Å²) in [6.45, 7) is 8.52. The normalized spacial score (nSPS) is 10.5. The minimum atomic E-state index is 0.774. The zero-order valence-electron chi connectivity index (χ0n) is 14.1. The minimum absolute atomic E-state index is 0.774. The number of nitrogens with zero attached hydrogens (tertiary/aromatic N) is 1. The highest BCUT2D eigenvalue weighted by Gasteiger charge is 2.10. The van der Waals surface area contributed by atoms with Crippen LogP contribution in [0.15, 0.2) is 18.2 Å². The molecule has 0 heterocycles. The first kappa shape index (κ1) is 19.2. The molecule has 22 heavy (non-hydrogen) atoms. The van der Waals surface area contributed by atoms with Crippen molar-refractivity contribution in [3.63, 3.8) is 0 Å². The Morgan fingerprint density at radius 2 is 1.68 bits per heavy atom. The number of aryl methyl sites for hydroxylation is 1. The Morgan fingerprint density at radius 3 is 2.18 bits per heavy atom. The van der Waals surface area contributed by atoms with E-state index in [0.717, 1.165) is 34.5 Å². The van der Waals surface area contributed by atoms with Gasteiger partial charge in [0.2, 0.25) is 0 Å². The van der Waals surface area contributed by atoms with E-state index in [4.69, 9.17) is 23.8 Å². The summed E-state index contributed by atoms with van der Waals surface area (Å²) < 4.78 is 0. The third-order valence-corrected chi connectivity index (χ3v) is 4.54. The highest BCUT2D eigenvalue weighted by molar-refractivity contribution is 7.80. The quantitative estimate of drug-likeness (QED) is 0.436. The van der Waals surface area contributed by atoms with Crippen LogP contribution in [0.25, 0.3) is 0 Å². The van der Waals surface area contributed by atoms with Gasteiger partial charge in [0.15, 0.2) is 5.11 Å². The van der Waals surface area contributed by atoms with Gasteiger partial charge in [0.1, 0.15) is 0 Å². The van der Waals surface area contributed by atoms with E-state index in [1.807, 2.05) is 25.1 Å². The van der Waals surface area contributed by atoms with Crippen molar-refractivity contribution in [3.8, 4) is 0 Å². The van der Waals surface area contributed by atoms with Crippen molar-refractivity contribution in [1.29, 1.82) is 0 Å². The molecule has 1 N–H and O–H groups in total. The number of hydrogen-bond donors (Lipinski definition) is 1. The van der Waals surface area contributed by atoms with Crippen LogP contribution in [0.3, 0.4) is 0 Å². The Morgan fingerprint density at radius 1 is 1.09 bits per heavy atom. The van der Waals surface area contributed by atoms with Crippen LogP contribution in [-0.4, -0.2) is 23.1 Å². The third kappa shape index (κ3) is 6.97. The van der Waals surface area contributed by atoms with E-state index >= 15 is 0 Å². The molecule has 0 amide bonds. The van der Waals surface area contributed by atoms with Gasteiger partial charge in [-0.2, -0.15) is 0 Å². The van der Waals surface area contributed by atoms with Gasteiger partial charge in [-0.25, -0.2) is 0 Å². The summed E-state index contributed by atoms with van der Waals surface area (Å²) in [7, 11) is 0. The van der Waals surface area contributed by atoms with Crippen LogP contribution in [0.5, 0.6) is 0 Å². The van der Waals surface area contributed by atoms with Crippen LogP contribution in [0, 0.1) is 6.92 Å². The van der Waals surface area contributed by atoms with Crippen molar-refractivity contribution < 1.29 is 0 Å². The highest BCUT2D eigenvalue weighted by Crippen LogP contribution is 2.20. The first-order valence-corrected chi connectivity index (χ1v) is 9.19. The van der Waals surface area contributed by atoms with Crippen molar-refractivity contribution in [2.45, 2.75) is 59.3 Å². The van der Waals surface area contributed by atoms with Gasteiger partial charge in [-0.05, 0) is 49.7 Å². The second-order valence-electron chi connectivity index (χ2n) is 5.80. The van der Waals surface area contributed by atoms with Gasteiger partial charge in [-0.1, -0.05) is 57.2 Å². The number of unbranched alkanes of at least 4 members (excludes halogenated alkanes) is 4. The van der Waals surface area contributed by atoms with Crippen molar-refractivity contribution in [2.75, 3.05) is 18.4 Å². The molecule has 0 aliphatic rings. The smallest absolute Gasteiger partial charge is 0.173 e. The van der Waals surface area contributed by atoms with E-state index in [9.17, 15) is 0 Å². The zero-order chi connectivity index (χ0) is 16.4. The summed E-state index contributed by atoms with van der Waals surface area (Å²) in [5, 5.41) is 4.92. The standard InChI is InChI=1S/C18H29ClN2S/c1-4-6-8-12-21(13-9-7-5-2)18(22)20-16-11-10-15(3)17(19)14-16/h10-11,14H,4-9,12-13H2,1-3H3,(H,20,22). The molecule has 124 valence electrons. The van der Waals surface area contributed by atoms with E-state index < -0.39 is 0 Å². The van der Waals surface area contributed by atoms with Gasteiger partial charge in [-0.3, -0.25) is 0 Å². The summed E-state index contributed by atoms with van der Waals surface area (Å²) in [6, 6.07) is 6.00. The number of nitrogens with one attached hydrogen (secondary N) is 1. The summed E-state index contributed by atoms with van der Waals surface area (Å²) in [5.41, 5.74) is 2.05. The van der Waals surface area contributed by atoms with Crippen molar-refractivity contribution in [1.82, 2.24) is 4.90 Å². The second kappa shape index (κ2) is 10.8. The largest absolute Gasteiger partial charge is 0.349 e. The van der Waals surface area contributed by atoms with E-state index in [-0.39, 0.29) is 0 Å². The lowest BCUT2D eigenvalue weighted by Gasteiger charge is -2.26. The molecule has 0 fully saturated rings. The molecule has 2 nitrogen and oxygen atoms in total. The van der Waals surface area contributed by atoms with Gasteiger partial charge < -0.3 is 10.2 Å². The predicted octanol–water partition coefficient (Wildman–Crippen LogP) is 6.03. The topological polar surface area (TPSA) is 15.3 Å². The molecule has 0 radical (unpaired) electrons. The monoisotopic (exact) mass is 340 g/mol. The predicted molar refractivity (Wildman–Crippen MR) is 103 cm³/mol. The van der Waals surface area contributed by atoms with Gasteiger partial charge >= 0.3 is 0 Å². The molecule has 0 unspecified atom stereocenters. The average Bonchev–Trinajstić information content (AvgIpc) is 2.49. The highest BCUT2D eigenvalue weighted by atomic mass is 35.5. The summed E-state index contributed by atoms with van der Waals surface area (Å²) in [5.74, 6) is 0. The third-order valence-electron chi connectivity index (χ3n) is 3.77. The fourth-order valence-electron chi connectivity index (χ4n) is 2.29. The maximum atomic E-state index is 6.18. The molecule has 1 aromatic carbocycles. The Bertz CT molecular complexity index is 452. The molecule has 1 rings (SSSR count). The van der Waals surface area contributed by atoms with E-state index in [1.165, 1.54) is 38.5 Å². The molecule has 0 aliphatic heterocycles. The van der Waals surface area contributed by atoms with Gasteiger partial charge in [0.25, 0.3) is 0 Å². The molecular weight excluding hydrogens is 312 g/mol. The SMILES string of the molecule is CCCCCN(CCCCC)C(=S)Nc1ccc(C)c(Cl)c1. The van der Waals surface area contributed by atoms with Crippen molar-refractivity contribution in [2.24, 2.45) is 0 Å². The number of hydrogen-bond acceptors (Lipinski definition) is 1. The molecule has 0 saturated carbocycles. The Hall–Kier alpha value is -0.800.